The fourth-order valence-electron chi connectivity index (χ4n) is 2.12. The lowest BCUT2D eigenvalue weighted by molar-refractivity contribution is -0.121. The summed E-state index contributed by atoms with van der Waals surface area (Å²) in [5.41, 5.74) is 1.07. The molecular weight excluding hydrogens is 488 g/mol. The van der Waals surface area contributed by atoms with E-state index in [-0.39, 0.29) is 5.91 Å². The second kappa shape index (κ2) is 7.81. The molecule has 0 atom stereocenters. The molecule has 9 heteroatoms. The number of methoxy groups -OCH3 is 1. The van der Waals surface area contributed by atoms with Crippen LogP contribution in [0, 0.1) is 0 Å². The molecule has 2 aromatic rings. The number of aliphatic imine (C=N–C) groups is 1. The van der Waals surface area contributed by atoms with Gasteiger partial charge in [0.25, 0.3) is 5.91 Å². The number of carbonyl (C=O) groups excluding carboxylic acids is 2. The van der Waals surface area contributed by atoms with Crippen LogP contribution in [-0.2, 0) is 9.53 Å². The smallest absolute Gasteiger partial charge is 0.337 e. The van der Waals surface area contributed by atoms with Crippen LogP contribution >= 0.6 is 43.6 Å². The van der Waals surface area contributed by atoms with E-state index in [0.29, 0.717) is 31.8 Å². The molecule has 2 heterocycles. The Morgan fingerprint density at radius 2 is 2.00 bits per heavy atom. The predicted octanol–water partition coefficient (Wildman–Crippen LogP) is 4.83. The quantitative estimate of drug-likeness (QED) is 0.447. The second-order valence-electron chi connectivity index (χ2n) is 5.18. The molecule has 1 fully saturated rings. The van der Waals surface area contributed by atoms with Gasteiger partial charge in [-0.05, 0) is 74.0 Å². The minimum Gasteiger partial charge on any atom is -0.465 e. The first-order chi connectivity index (χ1) is 12.4. The highest BCUT2D eigenvalue weighted by molar-refractivity contribution is 9.13. The molecule has 1 aromatic heterocycles. The molecular formula is C17H12Br2N2O4S. The van der Waals surface area contributed by atoms with Gasteiger partial charge in [-0.15, -0.1) is 0 Å². The predicted molar refractivity (Wildman–Crippen MR) is 107 cm³/mol. The molecule has 0 radical (unpaired) electrons. The van der Waals surface area contributed by atoms with Crippen molar-refractivity contribution in [2.24, 2.45) is 4.99 Å². The van der Waals surface area contributed by atoms with Crippen LogP contribution in [0.5, 0.6) is 0 Å². The molecule has 0 bridgehead atoms. The van der Waals surface area contributed by atoms with Gasteiger partial charge < -0.3 is 9.15 Å². The molecule has 3 rings (SSSR count). The largest absolute Gasteiger partial charge is 0.465 e. The standard InChI is InChI=1S/C17H12Br2N2O4S/c1-21-15(22)13(8-11-7-12(18)14(19)25-11)26-17(21)20-10-5-3-9(4-6-10)16(23)24-2/h3-8H,1-2H3/b13-8-,20-17?. The lowest BCUT2D eigenvalue weighted by Crippen LogP contribution is -2.23. The molecule has 1 amide bonds. The van der Waals surface area contributed by atoms with Crippen molar-refractivity contribution in [1.82, 2.24) is 4.90 Å². The van der Waals surface area contributed by atoms with Crippen molar-refractivity contribution < 1.29 is 18.7 Å². The number of amidine groups is 1. The summed E-state index contributed by atoms with van der Waals surface area (Å²) in [5.74, 6) is -0.0204. The molecule has 1 aliphatic heterocycles. The van der Waals surface area contributed by atoms with Crippen molar-refractivity contribution in [3.63, 3.8) is 0 Å². The minimum atomic E-state index is -0.410. The zero-order valence-corrected chi connectivity index (χ0v) is 17.6. The van der Waals surface area contributed by atoms with Crippen LogP contribution in [0.4, 0.5) is 5.69 Å². The monoisotopic (exact) mass is 498 g/mol. The minimum absolute atomic E-state index is 0.163. The van der Waals surface area contributed by atoms with Gasteiger partial charge in [-0.2, -0.15) is 0 Å². The number of rotatable bonds is 3. The van der Waals surface area contributed by atoms with Gasteiger partial charge in [-0.1, -0.05) is 0 Å². The first-order valence-corrected chi connectivity index (χ1v) is 9.69. The van der Waals surface area contributed by atoms with E-state index in [4.69, 9.17) is 4.42 Å². The Kier molecular flexibility index (Phi) is 5.69. The van der Waals surface area contributed by atoms with Crippen molar-refractivity contribution >= 4 is 72.4 Å². The summed E-state index contributed by atoms with van der Waals surface area (Å²) < 4.78 is 11.5. The molecule has 1 aromatic carbocycles. The number of likely N-dealkylation sites (N-methyl/N-ethyl adjacent to an activating group) is 1. The number of thioether (sulfide) groups is 1. The van der Waals surface area contributed by atoms with Crippen molar-refractivity contribution in [2.45, 2.75) is 0 Å². The van der Waals surface area contributed by atoms with Crippen molar-refractivity contribution in [3.8, 4) is 0 Å². The van der Waals surface area contributed by atoms with E-state index in [1.54, 1.807) is 43.5 Å². The molecule has 0 spiro atoms. The molecule has 6 nitrogen and oxygen atoms in total. The maximum absolute atomic E-state index is 12.4. The van der Waals surface area contributed by atoms with E-state index in [2.05, 4.69) is 41.6 Å². The summed E-state index contributed by atoms with van der Waals surface area (Å²) in [6.45, 7) is 0. The van der Waals surface area contributed by atoms with Gasteiger partial charge in [0.15, 0.2) is 9.84 Å². The van der Waals surface area contributed by atoms with Crippen LogP contribution in [0.3, 0.4) is 0 Å². The molecule has 134 valence electrons. The lowest BCUT2D eigenvalue weighted by atomic mass is 10.2. The van der Waals surface area contributed by atoms with Gasteiger partial charge >= 0.3 is 5.97 Å². The molecule has 1 saturated heterocycles. The average molecular weight is 500 g/mol. The van der Waals surface area contributed by atoms with Crippen molar-refractivity contribution in [2.75, 3.05) is 14.2 Å². The van der Waals surface area contributed by atoms with E-state index >= 15 is 0 Å². The highest BCUT2D eigenvalue weighted by atomic mass is 79.9. The number of ether oxygens (including phenoxy) is 1. The molecule has 0 unspecified atom stereocenters. The zero-order valence-electron chi connectivity index (χ0n) is 13.7. The van der Waals surface area contributed by atoms with E-state index in [1.165, 1.54) is 23.8 Å². The maximum Gasteiger partial charge on any atom is 0.337 e. The van der Waals surface area contributed by atoms with E-state index < -0.39 is 5.97 Å². The Morgan fingerprint density at radius 3 is 2.58 bits per heavy atom. The number of esters is 1. The number of benzene rings is 1. The Hall–Kier alpha value is -1.84. The summed E-state index contributed by atoms with van der Waals surface area (Å²) in [6.07, 6.45) is 1.67. The summed E-state index contributed by atoms with van der Waals surface area (Å²) in [5, 5.41) is 0.539. The van der Waals surface area contributed by atoms with E-state index in [0.717, 1.165) is 4.47 Å². The van der Waals surface area contributed by atoms with Crippen molar-refractivity contribution in [3.05, 3.63) is 55.7 Å². The normalized spacial score (nSPS) is 17.4. The van der Waals surface area contributed by atoms with Crippen LogP contribution in [0.1, 0.15) is 16.1 Å². The molecule has 0 N–H and O–H groups in total. The van der Waals surface area contributed by atoms with Crippen LogP contribution in [-0.4, -0.2) is 36.1 Å². The average Bonchev–Trinajstić information content (AvgIpc) is 3.08. The number of hydrogen-bond acceptors (Lipinski definition) is 6. The van der Waals surface area contributed by atoms with Crippen LogP contribution in [0.15, 0.2) is 53.8 Å². The number of furan rings is 1. The fraction of sp³-hybridized carbons (Fsp3) is 0.118. The SMILES string of the molecule is COC(=O)c1ccc(N=C2S/C(=C\c3cc(Br)c(Br)o3)C(=O)N2C)cc1. The van der Waals surface area contributed by atoms with Gasteiger partial charge in [0, 0.05) is 13.1 Å². The highest BCUT2D eigenvalue weighted by Crippen LogP contribution is 2.35. The summed E-state index contributed by atoms with van der Waals surface area (Å²) in [7, 11) is 2.99. The van der Waals surface area contributed by atoms with Crippen LogP contribution in [0.25, 0.3) is 6.08 Å². The lowest BCUT2D eigenvalue weighted by Gasteiger charge is -2.07. The fourth-order valence-corrected chi connectivity index (χ4v) is 3.69. The number of amides is 1. The van der Waals surface area contributed by atoms with E-state index in [1.807, 2.05) is 0 Å². The second-order valence-corrected chi connectivity index (χ2v) is 7.76. The molecule has 0 saturated carbocycles. The van der Waals surface area contributed by atoms with Gasteiger partial charge in [0.1, 0.15) is 5.76 Å². The first kappa shape index (κ1) is 18.9. The van der Waals surface area contributed by atoms with Crippen LogP contribution in [0.2, 0.25) is 0 Å². The Bertz CT molecular complexity index is 915. The van der Waals surface area contributed by atoms with Crippen LogP contribution < -0.4 is 0 Å². The number of hydrogen-bond donors (Lipinski definition) is 0. The highest BCUT2D eigenvalue weighted by Gasteiger charge is 2.30. The molecule has 1 aliphatic rings. The topological polar surface area (TPSA) is 72.1 Å². The zero-order chi connectivity index (χ0) is 18.8. The Labute approximate surface area is 170 Å². The van der Waals surface area contributed by atoms with Gasteiger partial charge in [0.2, 0.25) is 0 Å². The maximum atomic E-state index is 12.4. The Balaban J connectivity index is 1.84. The van der Waals surface area contributed by atoms with Gasteiger partial charge in [-0.25, -0.2) is 9.79 Å². The molecule has 26 heavy (non-hydrogen) atoms. The number of halogens is 2. The third-order valence-electron chi connectivity index (χ3n) is 3.45. The van der Waals surface area contributed by atoms with Crippen molar-refractivity contribution in [1.29, 1.82) is 0 Å². The van der Waals surface area contributed by atoms with E-state index in [9.17, 15) is 9.59 Å². The summed E-state index contributed by atoms with van der Waals surface area (Å²) in [6, 6.07) is 8.41. The molecule has 0 aliphatic carbocycles. The summed E-state index contributed by atoms with van der Waals surface area (Å²) >= 11 is 7.86. The Morgan fingerprint density at radius 1 is 1.31 bits per heavy atom. The number of nitrogens with zero attached hydrogens (tertiary/aromatic N) is 2. The first-order valence-electron chi connectivity index (χ1n) is 7.28. The van der Waals surface area contributed by atoms with Gasteiger partial charge in [0.05, 0.1) is 27.7 Å². The third kappa shape index (κ3) is 3.94. The van der Waals surface area contributed by atoms with Gasteiger partial charge in [-0.3, -0.25) is 9.69 Å². The third-order valence-corrected chi connectivity index (χ3v) is 6.22. The summed E-state index contributed by atoms with van der Waals surface area (Å²) in [4.78, 5) is 30.3. The number of carbonyl (C=O) groups is 2.